The zero-order chi connectivity index (χ0) is 19.0. The van der Waals surface area contributed by atoms with Crippen molar-refractivity contribution < 1.29 is 5.11 Å². The lowest BCUT2D eigenvalue weighted by atomic mass is 9.86. The number of hydrogen-bond donors (Lipinski definition) is 2. The molecule has 6 nitrogen and oxygen atoms in total. The monoisotopic (exact) mass is 387 g/mol. The van der Waals surface area contributed by atoms with Crippen molar-refractivity contribution in [1.29, 1.82) is 0 Å². The number of aliphatic hydroxyl groups is 1. The average molecular weight is 388 g/mol. The number of aryl methyl sites for hydroxylation is 2. The Morgan fingerprint density at radius 1 is 1.22 bits per heavy atom. The molecule has 2 aliphatic rings. The number of aliphatic hydroxyl groups excluding tert-OH is 1. The van der Waals surface area contributed by atoms with Crippen molar-refractivity contribution in [3.05, 3.63) is 34.6 Å². The molecule has 0 amide bonds. The van der Waals surface area contributed by atoms with Gasteiger partial charge in [-0.3, -0.25) is 9.88 Å². The summed E-state index contributed by atoms with van der Waals surface area (Å²) in [6, 6.07) is 4.43. The van der Waals surface area contributed by atoms with Crippen molar-refractivity contribution in [2.45, 2.75) is 46.4 Å². The van der Waals surface area contributed by atoms with Crippen LogP contribution in [0.4, 0.5) is 10.8 Å². The van der Waals surface area contributed by atoms with Gasteiger partial charge in [0, 0.05) is 59.7 Å². The molecule has 2 aliphatic heterocycles. The fourth-order valence-electron chi connectivity index (χ4n) is 4.49. The van der Waals surface area contributed by atoms with Crippen molar-refractivity contribution >= 4 is 22.2 Å². The van der Waals surface area contributed by atoms with Crippen LogP contribution in [0.5, 0.6) is 0 Å². The number of nitrogens with zero attached hydrogens (tertiary/aromatic N) is 4. The molecular weight excluding hydrogens is 358 g/mol. The quantitative estimate of drug-likeness (QED) is 0.769. The third-order valence-electron chi connectivity index (χ3n) is 5.65. The van der Waals surface area contributed by atoms with E-state index in [1.165, 1.54) is 23.4 Å². The maximum atomic E-state index is 9.43. The number of nitrogens with one attached hydrogen (secondary N) is 1. The summed E-state index contributed by atoms with van der Waals surface area (Å²) in [6.07, 6.45) is 3.90. The maximum absolute atomic E-state index is 9.43. The molecule has 2 N–H and O–H groups in total. The molecule has 2 aromatic heterocycles. The Labute approximate surface area is 165 Å². The number of anilines is 2. The Balaban J connectivity index is 1.37. The highest BCUT2D eigenvalue weighted by Gasteiger charge is 2.43. The Hall–Kier alpha value is -1.70. The molecule has 0 aliphatic carbocycles. The summed E-state index contributed by atoms with van der Waals surface area (Å²) >= 11 is 1.64. The van der Waals surface area contributed by atoms with Gasteiger partial charge in [-0.25, -0.2) is 4.98 Å². The zero-order valence-corrected chi connectivity index (χ0v) is 17.2. The number of aromatic nitrogens is 2. The average Bonchev–Trinajstić information content (AvgIpc) is 3.29. The van der Waals surface area contributed by atoms with Crippen molar-refractivity contribution in [3.8, 4) is 0 Å². The fourth-order valence-corrected chi connectivity index (χ4v) is 5.43. The van der Waals surface area contributed by atoms with Gasteiger partial charge < -0.3 is 15.3 Å². The second kappa shape index (κ2) is 7.37. The first-order chi connectivity index (χ1) is 12.9. The van der Waals surface area contributed by atoms with Gasteiger partial charge in [-0.1, -0.05) is 0 Å². The molecule has 4 heterocycles. The molecule has 146 valence electrons. The predicted octanol–water partition coefficient (Wildman–Crippen LogP) is 3.01. The Bertz CT molecular complexity index is 787. The smallest absolute Gasteiger partial charge is 0.184 e. The van der Waals surface area contributed by atoms with Gasteiger partial charge in [0.25, 0.3) is 0 Å². The highest BCUT2D eigenvalue weighted by atomic mass is 32.1. The van der Waals surface area contributed by atoms with E-state index in [-0.39, 0.29) is 0 Å². The van der Waals surface area contributed by atoms with Crippen molar-refractivity contribution in [3.63, 3.8) is 0 Å². The van der Waals surface area contributed by atoms with E-state index in [0.29, 0.717) is 5.41 Å². The summed E-state index contributed by atoms with van der Waals surface area (Å²) in [6.45, 7) is 11.4. The minimum Gasteiger partial charge on any atom is -0.374 e. The number of rotatable bonds is 5. The first kappa shape index (κ1) is 18.7. The summed E-state index contributed by atoms with van der Waals surface area (Å²) in [7, 11) is 0. The van der Waals surface area contributed by atoms with E-state index in [1.807, 2.05) is 6.20 Å². The lowest BCUT2D eigenvalue weighted by molar-refractivity contribution is 0.224. The molecule has 0 saturated carbocycles. The third kappa shape index (κ3) is 4.25. The van der Waals surface area contributed by atoms with E-state index in [4.69, 9.17) is 0 Å². The van der Waals surface area contributed by atoms with Gasteiger partial charge in [0.2, 0.25) is 0 Å². The molecule has 2 fully saturated rings. The number of likely N-dealkylation sites (tertiary alicyclic amines) is 1. The molecule has 0 aromatic carbocycles. The topological polar surface area (TPSA) is 64.5 Å². The van der Waals surface area contributed by atoms with Crippen molar-refractivity contribution in [2.24, 2.45) is 5.41 Å². The van der Waals surface area contributed by atoms with Gasteiger partial charge in [0.1, 0.15) is 6.23 Å². The molecule has 27 heavy (non-hydrogen) atoms. The lowest BCUT2D eigenvalue weighted by Crippen LogP contribution is -2.30. The van der Waals surface area contributed by atoms with E-state index in [1.54, 1.807) is 18.3 Å². The summed E-state index contributed by atoms with van der Waals surface area (Å²) in [5, 5.41) is 13.2. The number of hydrogen-bond acceptors (Lipinski definition) is 7. The lowest BCUT2D eigenvalue weighted by Gasteiger charge is -2.26. The molecule has 0 radical (unpaired) electrons. The number of pyridine rings is 1. The molecule has 0 bridgehead atoms. The zero-order valence-electron chi connectivity index (χ0n) is 16.4. The van der Waals surface area contributed by atoms with E-state index in [9.17, 15) is 5.11 Å². The fraction of sp³-hybridized carbons (Fsp3) is 0.600. The Morgan fingerprint density at radius 2 is 1.96 bits per heavy atom. The maximum Gasteiger partial charge on any atom is 0.184 e. The molecule has 2 atom stereocenters. The predicted molar refractivity (Wildman–Crippen MR) is 110 cm³/mol. The molecule has 1 spiro atoms. The highest BCUT2D eigenvalue weighted by Crippen LogP contribution is 2.41. The van der Waals surface area contributed by atoms with Crippen LogP contribution in [0.1, 0.15) is 36.0 Å². The van der Waals surface area contributed by atoms with E-state index < -0.39 is 6.23 Å². The SMILES string of the molecule is Cc1cc(N2CCC3(CCN(Cc4cnc(NC(C)O)s4)C3)C2)cc(C)n1. The van der Waals surface area contributed by atoms with Gasteiger partial charge in [0.05, 0.1) is 0 Å². The van der Waals surface area contributed by atoms with Gasteiger partial charge >= 0.3 is 0 Å². The van der Waals surface area contributed by atoms with Crippen LogP contribution in [0.15, 0.2) is 18.3 Å². The van der Waals surface area contributed by atoms with Crippen LogP contribution < -0.4 is 10.2 Å². The van der Waals surface area contributed by atoms with Gasteiger partial charge in [-0.2, -0.15) is 0 Å². The second-order valence-corrected chi connectivity index (χ2v) is 9.31. The normalized spacial score (nSPS) is 24.1. The molecule has 2 unspecified atom stereocenters. The molecule has 7 heteroatoms. The molecule has 2 saturated heterocycles. The minimum absolute atomic E-state index is 0.413. The van der Waals surface area contributed by atoms with Gasteiger partial charge in [0.15, 0.2) is 5.13 Å². The van der Waals surface area contributed by atoms with E-state index in [0.717, 1.165) is 49.2 Å². The van der Waals surface area contributed by atoms with E-state index >= 15 is 0 Å². The summed E-state index contributed by atoms with van der Waals surface area (Å²) in [5.41, 5.74) is 3.94. The second-order valence-electron chi connectivity index (χ2n) is 8.19. The van der Waals surface area contributed by atoms with Crippen LogP contribution in [0, 0.1) is 19.3 Å². The standard InChI is InChI=1S/C20H29N5OS/c1-14-8-17(9-15(2)22-14)25-7-5-20(13-25)4-6-24(12-20)11-18-10-21-19(27-18)23-16(3)26/h8-10,16,26H,4-7,11-13H2,1-3H3,(H,21,23). The van der Waals surface area contributed by atoms with E-state index in [2.05, 4.69) is 51.1 Å². The summed E-state index contributed by atoms with van der Waals surface area (Å²) < 4.78 is 0. The largest absolute Gasteiger partial charge is 0.374 e. The third-order valence-corrected chi connectivity index (χ3v) is 6.57. The van der Waals surface area contributed by atoms with Crippen LogP contribution in [-0.4, -0.2) is 52.4 Å². The van der Waals surface area contributed by atoms with Crippen LogP contribution in [-0.2, 0) is 6.54 Å². The summed E-state index contributed by atoms with van der Waals surface area (Å²) in [4.78, 5) is 15.2. The first-order valence-corrected chi connectivity index (χ1v) is 10.5. The van der Waals surface area contributed by atoms with Gasteiger partial charge in [-0.15, -0.1) is 11.3 Å². The van der Waals surface area contributed by atoms with Crippen molar-refractivity contribution in [1.82, 2.24) is 14.9 Å². The Morgan fingerprint density at radius 3 is 2.70 bits per heavy atom. The van der Waals surface area contributed by atoms with Gasteiger partial charge in [-0.05, 0) is 52.3 Å². The Kier molecular flexibility index (Phi) is 5.09. The van der Waals surface area contributed by atoms with Crippen LogP contribution in [0.2, 0.25) is 0 Å². The van der Waals surface area contributed by atoms with Crippen LogP contribution >= 0.6 is 11.3 Å². The number of thiazole rings is 1. The molecule has 4 rings (SSSR count). The highest BCUT2D eigenvalue weighted by molar-refractivity contribution is 7.15. The van der Waals surface area contributed by atoms with Crippen LogP contribution in [0.3, 0.4) is 0 Å². The molecular formula is C20H29N5OS. The van der Waals surface area contributed by atoms with Crippen molar-refractivity contribution in [2.75, 3.05) is 36.4 Å². The summed E-state index contributed by atoms with van der Waals surface area (Å²) in [5.74, 6) is 0. The first-order valence-electron chi connectivity index (χ1n) is 9.73. The van der Waals surface area contributed by atoms with Crippen LogP contribution in [0.25, 0.3) is 0 Å². The molecule has 2 aromatic rings. The minimum atomic E-state index is -0.566.